The largest absolute Gasteiger partial charge is 0.328 e. The molecule has 1 aliphatic rings. The van der Waals surface area contributed by atoms with E-state index in [0.717, 1.165) is 24.9 Å². The molecule has 2 unspecified atom stereocenters. The van der Waals surface area contributed by atoms with Crippen molar-refractivity contribution in [2.45, 2.75) is 25.3 Å². The molecule has 3 N–H and O–H groups in total. The second-order valence-corrected chi connectivity index (χ2v) is 4.71. The van der Waals surface area contributed by atoms with Crippen molar-refractivity contribution >= 4 is 42.3 Å². The minimum absolute atomic E-state index is 0. The highest BCUT2D eigenvalue weighted by molar-refractivity contribution is 5.91. The van der Waals surface area contributed by atoms with E-state index in [-0.39, 0.29) is 42.7 Å². The van der Waals surface area contributed by atoms with E-state index in [4.69, 9.17) is 5.73 Å². The van der Waals surface area contributed by atoms with Crippen LogP contribution < -0.4 is 11.1 Å². The lowest BCUT2D eigenvalue weighted by Crippen LogP contribution is -2.24. The molecule has 6 nitrogen and oxygen atoms in total. The molecule has 110 valence electrons. The molecule has 0 aliphatic heterocycles. The monoisotopic (exact) mass is 317 g/mol. The number of pyridine rings is 1. The van der Waals surface area contributed by atoms with Crippen molar-refractivity contribution in [2.24, 2.45) is 11.7 Å². The Bertz CT molecular complexity index is 588. The summed E-state index contributed by atoms with van der Waals surface area (Å²) in [5.41, 5.74) is 6.53. The number of rotatable bonds is 2. The number of fused-ring (bicyclic) bond motifs is 1. The van der Waals surface area contributed by atoms with Gasteiger partial charge >= 0.3 is 0 Å². The summed E-state index contributed by atoms with van der Waals surface area (Å²) in [5, 5.41) is 10.8. The van der Waals surface area contributed by atoms with Crippen molar-refractivity contribution in [3.63, 3.8) is 0 Å². The van der Waals surface area contributed by atoms with Crippen molar-refractivity contribution in [3.8, 4) is 0 Å². The highest BCUT2D eigenvalue weighted by atomic mass is 35.5. The molecule has 0 bridgehead atoms. The molecule has 0 radical (unpaired) electrons. The van der Waals surface area contributed by atoms with Gasteiger partial charge in [-0.15, -0.1) is 35.0 Å². The molecule has 1 aliphatic carbocycles. The smallest absolute Gasteiger partial charge is 0.235 e. The first-order chi connectivity index (χ1) is 8.74. The van der Waals surface area contributed by atoms with Crippen molar-refractivity contribution in [1.29, 1.82) is 0 Å². The molecule has 2 heterocycles. The van der Waals surface area contributed by atoms with Crippen LogP contribution >= 0.6 is 24.8 Å². The number of anilines is 1. The van der Waals surface area contributed by atoms with Crippen LogP contribution in [0.2, 0.25) is 0 Å². The van der Waals surface area contributed by atoms with Crippen molar-refractivity contribution < 1.29 is 4.79 Å². The summed E-state index contributed by atoms with van der Waals surface area (Å²) in [4.78, 5) is 12.1. The molecular formula is C12H17Cl2N5O. The van der Waals surface area contributed by atoms with Gasteiger partial charge in [-0.1, -0.05) is 6.07 Å². The molecule has 2 aromatic heterocycles. The molecule has 2 aromatic rings. The summed E-state index contributed by atoms with van der Waals surface area (Å²) in [5.74, 6) is 0.452. The number of amides is 1. The number of carbonyl (C=O) groups excluding carboxylic acids is 1. The summed E-state index contributed by atoms with van der Waals surface area (Å²) in [6, 6.07) is 5.74. The maximum atomic E-state index is 12.1. The number of nitrogens with two attached hydrogens (primary N) is 1. The highest BCUT2D eigenvalue weighted by Gasteiger charge is 2.28. The second kappa shape index (κ2) is 6.88. The van der Waals surface area contributed by atoms with Crippen LogP contribution in [0.15, 0.2) is 24.4 Å². The van der Waals surface area contributed by atoms with Crippen molar-refractivity contribution in [1.82, 2.24) is 14.6 Å². The van der Waals surface area contributed by atoms with Gasteiger partial charge < -0.3 is 5.73 Å². The van der Waals surface area contributed by atoms with Crippen LogP contribution in [0.5, 0.6) is 0 Å². The molecule has 8 heteroatoms. The Balaban J connectivity index is 0.000001000. The maximum Gasteiger partial charge on any atom is 0.235 e. The van der Waals surface area contributed by atoms with Crippen LogP contribution in [0.3, 0.4) is 0 Å². The maximum absolute atomic E-state index is 12.1. The van der Waals surface area contributed by atoms with Crippen LogP contribution in [-0.4, -0.2) is 26.5 Å². The third-order valence-corrected chi connectivity index (χ3v) is 3.39. The molecule has 1 fully saturated rings. The van der Waals surface area contributed by atoms with E-state index in [9.17, 15) is 4.79 Å². The van der Waals surface area contributed by atoms with Crippen LogP contribution in [0, 0.1) is 5.92 Å². The van der Waals surface area contributed by atoms with E-state index in [2.05, 4.69) is 15.5 Å². The number of halogens is 2. The van der Waals surface area contributed by atoms with Gasteiger partial charge in [0.1, 0.15) is 0 Å². The minimum atomic E-state index is -0.0129. The predicted octanol–water partition coefficient (Wildman–Crippen LogP) is 1.64. The summed E-state index contributed by atoms with van der Waals surface area (Å²) < 4.78 is 1.76. The fourth-order valence-corrected chi connectivity index (χ4v) is 2.39. The van der Waals surface area contributed by atoms with E-state index in [1.54, 1.807) is 4.40 Å². The molecule has 3 rings (SSSR count). The van der Waals surface area contributed by atoms with E-state index in [1.165, 1.54) is 0 Å². The molecule has 0 aromatic carbocycles. The van der Waals surface area contributed by atoms with Crippen LogP contribution in [0.4, 0.5) is 5.95 Å². The summed E-state index contributed by atoms with van der Waals surface area (Å²) in [6.45, 7) is 0. The lowest BCUT2D eigenvalue weighted by atomic mass is 10.1. The Morgan fingerprint density at radius 1 is 1.30 bits per heavy atom. The topological polar surface area (TPSA) is 85.3 Å². The molecule has 2 atom stereocenters. The number of hydrogen-bond acceptors (Lipinski definition) is 4. The minimum Gasteiger partial charge on any atom is -0.328 e. The Morgan fingerprint density at radius 3 is 2.80 bits per heavy atom. The average molecular weight is 318 g/mol. The molecule has 0 saturated heterocycles. The van der Waals surface area contributed by atoms with Gasteiger partial charge in [-0.3, -0.25) is 14.5 Å². The lowest BCUT2D eigenvalue weighted by Gasteiger charge is -2.09. The first-order valence-corrected chi connectivity index (χ1v) is 6.10. The second-order valence-electron chi connectivity index (χ2n) is 4.71. The third kappa shape index (κ3) is 3.20. The number of aromatic nitrogens is 3. The Labute approximate surface area is 128 Å². The Morgan fingerprint density at radius 2 is 2.10 bits per heavy atom. The number of hydrogen-bond donors (Lipinski definition) is 2. The van der Waals surface area contributed by atoms with Crippen LogP contribution in [-0.2, 0) is 4.79 Å². The number of carbonyl (C=O) groups is 1. The van der Waals surface area contributed by atoms with E-state index < -0.39 is 0 Å². The quantitative estimate of drug-likeness (QED) is 0.881. The average Bonchev–Trinajstić information content (AvgIpc) is 2.97. The van der Waals surface area contributed by atoms with E-state index in [0.29, 0.717) is 5.95 Å². The molecule has 20 heavy (non-hydrogen) atoms. The predicted molar refractivity (Wildman–Crippen MR) is 81.4 cm³/mol. The zero-order valence-electron chi connectivity index (χ0n) is 10.7. The Hall–Kier alpha value is -1.37. The molecule has 1 saturated carbocycles. The fraction of sp³-hybridized carbons (Fsp3) is 0.417. The highest BCUT2D eigenvalue weighted by Crippen LogP contribution is 2.25. The van der Waals surface area contributed by atoms with Gasteiger partial charge in [0.2, 0.25) is 11.9 Å². The van der Waals surface area contributed by atoms with Gasteiger partial charge in [0, 0.05) is 18.2 Å². The fourth-order valence-electron chi connectivity index (χ4n) is 2.39. The van der Waals surface area contributed by atoms with Gasteiger partial charge in [-0.05, 0) is 31.4 Å². The molecule has 1 amide bonds. The van der Waals surface area contributed by atoms with Gasteiger partial charge in [-0.2, -0.15) is 0 Å². The normalized spacial score (nSPS) is 21.1. The van der Waals surface area contributed by atoms with Gasteiger partial charge in [0.25, 0.3) is 0 Å². The standard InChI is InChI=1S/C12H15N5O.2ClH/c13-9-5-4-8(7-9)11(18)14-12-16-15-10-3-1-2-6-17(10)12;;/h1-3,6,8-9H,4-5,7,13H2,(H,14,16,18);2*1H. The zero-order chi connectivity index (χ0) is 12.5. The first-order valence-electron chi connectivity index (χ1n) is 6.10. The molecule has 0 spiro atoms. The van der Waals surface area contributed by atoms with E-state index >= 15 is 0 Å². The van der Waals surface area contributed by atoms with Gasteiger partial charge in [0.05, 0.1) is 0 Å². The van der Waals surface area contributed by atoms with Crippen LogP contribution in [0.25, 0.3) is 5.65 Å². The SMILES string of the molecule is Cl.Cl.NC1CCC(C(=O)Nc2nnc3ccccn23)C1. The third-order valence-electron chi connectivity index (χ3n) is 3.39. The number of nitrogens with one attached hydrogen (secondary N) is 1. The first kappa shape index (κ1) is 16.7. The van der Waals surface area contributed by atoms with Crippen molar-refractivity contribution in [3.05, 3.63) is 24.4 Å². The van der Waals surface area contributed by atoms with Gasteiger partial charge in [0.15, 0.2) is 5.65 Å². The zero-order valence-corrected chi connectivity index (χ0v) is 12.4. The van der Waals surface area contributed by atoms with E-state index in [1.807, 2.05) is 24.4 Å². The summed E-state index contributed by atoms with van der Waals surface area (Å²) in [7, 11) is 0. The lowest BCUT2D eigenvalue weighted by molar-refractivity contribution is -0.119. The Kier molecular flexibility index (Phi) is 5.74. The summed E-state index contributed by atoms with van der Waals surface area (Å²) >= 11 is 0. The van der Waals surface area contributed by atoms with Gasteiger partial charge in [-0.25, -0.2) is 0 Å². The summed E-state index contributed by atoms with van der Waals surface area (Å²) in [6.07, 6.45) is 4.34. The van der Waals surface area contributed by atoms with Crippen molar-refractivity contribution in [2.75, 3.05) is 5.32 Å². The molecular weight excluding hydrogens is 301 g/mol. The number of nitrogens with zero attached hydrogens (tertiary/aromatic N) is 3. The van der Waals surface area contributed by atoms with Crippen LogP contribution in [0.1, 0.15) is 19.3 Å².